The van der Waals surface area contributed by atoms with Crippen LogP contribution in [0.15, 0.2) is 87.3 Å². The molecule has 198 valence electrons. The highest BCUT2D eigenvalue weighted by molar-refractivity contribution is 8.03. The topological polar surface area (TPSA) is 61.5 Å². The summed E-state index contributed by atoms with van der Waals surface area (Å²) in [7, 11) is -1.92. The number of rotatable bonds is 9. The number of fused-ring (bicyclic) bond motifs is 2. The molecule has 1 aromatic heterocycles. The third kappa shape index (κ3) is 6.72. The van der Waals surface area contributed by atoms with Gasteiger partial charge in [-0.1, -0.05) is 47.2 Å². The number of nitrogens with zero attached hydrogens (tertiary/aromatic N) is 2. The van der Waals surface area contributed by atoms with E-state index in [4.69, 9.17) is 0 Å². The molecule has 1 aliphatic carbocycles. The van der Waals surface area contributed by atoms with Crippen molar-refractivity contribution in [2.45, 2.75) is 48.2 Å². The van der Waals surface area contributed by atoms with Crippen LogP contribution in [0, 0.1) is 6.92 Å². The second kappa shape index (κ2) is 11.3. The molecule has 5 rings (SSSR count). The van der Waals surface area contributed by atoms with Gasteiger partial charge in [0.05, 0.1) is 21.9 Å². The molecule has 1 saturated carbocycles. The molecule has 2 aromatic carbocycles. The molecular formula is C30H33N2O3S3+. The third-order valence-corrected chi connectivity index (χ3v) is 9.91. The number of pyridine rings is 1. The van der Waals surface area contributed by atoms with Gasteiger partial charge in [-0.15, -0.1) is 11.8 Å². The molecule has 2 aliphatic rings. The molecule has 0 unspecified atom stereocenters. The van der Waals surface area contributed by atoms with Crippen molar-refractivity contribution in [3.63, 3.8) is 0 Å². The van der Waals surface area contributed by atoms with Crippen molar-refractivity contribution >= 4 is 56.3 Å². The Morgan fingerprint density at radius 3 is 2.79 bits per heavy atom. The van der Waals surface area contributed by atoms with Crippen molar-refractivity contribution < 1.29 is 17.5 Å². The maximum Gasteiger partial charge on any atom is 0.264 e. The first kappa shape index (κ1) is 27.1. The zero-order valence-electron chi connectivity index (χ0n) is 21.9. The van der Waals surface area contributed by atoms with Crippen molar-refractivity contribution in [2.75, 3.05) is 17.2 Å². The molecule has 8 heteroatoms. The number of allylic oxidation sites excluding steroid dienone is 4. The molecule has 38 heavy (non-hydrogen) atoms. The van der Waals surface area contributed by atoms with Crippen LogP contribution in [0.3, 0.4) is 0 Å². The number of thioether (sulfide) groups is 2. The molecule has 1 aliphatic heterocycles. The highest BCUT2D eigenvalue weighted by Gasteiger charge is 2.27. The van der Waals surface area contributed by atoms with Crippen LogP contribution in [0.2, 0.25) is 0 Å². The lowest BCUT2D eigenvalue weighted by Crippen LogP contribution is -2.28. The van der Waals surface area contributed by atoms with Crippen LogP contribution < -0.4 is 9.47 Å². The number of aromatic nitrogens is 1. The summed E-state index contributed by atoms with van der Waals surface area (Å²) in [5.74, 6) is -0.243. The van der Waals surface area contributed by atoms with E-state index in [2.05, 4.69) is 103 Å². The largest absolute Gasteiger partial charge is 0.335 e. The van der Waals surface area contributed by atoms with Gasteiger partial charge in [0.2, 0.25) is 5.52 Å². The Kier molecular flexibility index (Phi) is 8.05. The molecule has 3 aromatic rings. The first-order chi connectivity index (χ1) is 18.2. The maximum atomic E-state index is 11.3. The van der Waals surface area contributed by atoms with Gasteiger partial charge in [-0.3, -0.25) is 4.55 Å². The molecular weight excluding hydrogens is 533 g/mol. The van der Waals surface area contributed by atoms with Gasteiger partial charge in [0.25, 0.3) is 10.1 Å². The standard InChI is InChI=1S/C30H32N2O3S3/c1-21(5-8-23-15-17-31(3)27-12-6-22(2)19-26(23)27)7-14-30-32(16-4-18-38(33,34)35)28-20-25(36-24-9-10-24)11-13-29(28)37-30/h5-8,11-15,17,19-20,24H,4,9-10,16,18H2,1-3H3/p+1. The number of benzene rings is 2. The first-order valence-corrected chi connectivity index (χ1v) is 16.1. The monoisotopic (exact) mass is 565 g/mol. The van der Waals surface area contributed by atoms with E-state index in [1.165, 1.54) is 44.7 Å². The van der Waals surface area contributed by atoms with Crippen LogP contribution in [-0.4, -0.2) is 30.5 Å². The first-order valence-electron chi connectivity index (χ1n) is 12.8. The van der Waals surface area contributed by atoms with Crippen LogP contribution in [-0.2, 0) is 17.2 Å². The minimum Gasteiger partial charge on any atom is -0.335 e. The van der Waals surface area contributed by atoms with Gasteiger partial charge in [-0.25, -0.2) is 4.57 Å². The summed E-state index contributed by atoms with van der Waals surface area (Å²) in [6.07, 6.45) is 13.5. The highest BCUT2D eigenvalue weighted by atomic mass is 32.2. The van der Waals surface area contributed by atoms with E-state index in [0.717, 1.165) is 21.5 Å². The number of hydrogen-bond donors (Lipinski definition) is 1. The highest BCUT2D eigenvalue weighted by Crippen LogP contribution is 2.49. The van der Waals surface area contributed by atoms with E-state index in [1.54, 1.807) is 11.8 Å². The molecule has 1 N–H and O–H groups in total. The van der Waals surface area contributed by atoms with Gasteiger partial charge < -0.3 is 4.90 Å². The minimum atomic E-state index is -3.99. The van der Waals surface area contributed by atoms with E-state index in [9.17, 15) is 13.0 Å². The van der Waals surface area contributed by atoms with Crippen molar-refractivity contribution in [1.82, 2.24) is 0 Å². The van der Waals surface area contributed by atoms with E-state index in [0.29, 0.717) is 13.0 Å². The lowest BCUT2D eigenvalue weighted by Gasteiger charge is -2.20. The Balaban J connectivity index is 1.38. The van der Waals surface area contributed by atoms with Crippen molar-refractivity contribution in [3.8, 4) is 0 Å². The summed E-state index contributed by atoms with van der Waals surface area (Å²) < 4.78 is 34.0. The summed E-state index contributed by atoms with van der Waals surface area (Å²) in [6.45, 7) is 4.73. The third-order valence-electron chi connectivity index (χ3n) is 6.65. The zero-order valence-corrected chi connectivity index (χ0v) is 24.4. The Morgan fingerprint density at radius 2 is 2.03 bits per heavy atom. The van der Waals surface area contributed by atoms with Crippen LogP contribution in [0.5, 0.6) is 0 Å². The van der Waals surface area contributed by atoms with E-state index in [-0.39, 0.29) is 5.75 Å². The van der Waals surface area contributed by atoms with Gasteiger partial charge >= 0.3 is 0 Å². The lowest BCUT2D eigenvalue weighted by molar-refractivity contribution is -0.644. The molecule has 2 heterocycles. The van der Waals surface area contributed by atoms with Gasteiger partial charge in [0.1, 0.15) is 7.05 Å². The van der Waals surface area contributed by atoms with Gasteiger partial charge in [-0.05, 0) is 69.0 Å². The number of anilines is 1. The smallest absolute Gasteiger partial charge is 0.264 e. The van der Waals surface area contributed by atoms with Crippen LogP contribution in [0.25, 0.3) is 17.0 Å². The average molecular weight is 566 g/mol. The molecule has 1 fully saturated rings. The molecule has 0 atom stereocenters. The van der Waals surface area contributed by atoms with Crippen LogP contribution in [0.4, 0.5) is 5.69 Å². The summed E-state index contributed by atoms with van der Waals surface area (Å²) in [5.41, 5.74) is 5.84. The SMILES string of the molecule is CC(/C=C/c1cc[n+](C)c2ccc(C)cc12)=C\C=C1\Sc2ccc(SC3CC3)cc2N1CCCS(=O)(=O)O. The fraction of sp³-hybridized carbons (Fsp3) is 0.300. The molecule has 0 amide bonds. The van der Waals surface area contributed by atoms with Crippen LogP contribution >= 0.6 is 23.5 Å². The fourth-order valence-corrected chi connectivity index (χ4v) is 7.12. The van der Waals surface area contributed by atoms with E-state index in [1.807, 2.05) is 11.8 Å². The predicted octanol–water partition coefficient (Wildman–Crippen LogP) is 6.92. The predicted molar refractivity (Wildman–Crippen MR) is 160 cm³/mol. The van der Waals surface area contributed by atoms with Gasteiger partial charge in [0, 0.05) is 33.7 Å². The van der Waals surface area contributed by atoms with E-state index >= 15 is 0 Å². The fourth-order valence-electron chi connectivity index (χ4n) is 4.47. The quantitative estimate of drug-likeness (QED) is 0.173. The van der Waals surface area contributed by atoms with Crippen LogP contribution in [0.1, 0.15) is 37.3 Å². The van der Waals surface area contributed by atoms with Crippen molar-refractivity contribution in [3.05, 3.63) is 88.6 Å². The normalized spacial score (nSPS) is 17.2. The Bertz CT molecular complexity index is 1570. The molecule has 0 spiro atoms. The summed E-state index contributed by atoms with van der Waals surface area (Å²) in [4.78, 5) is 4.61. The average Bonchev–Trinajstić information content (AvgIpc) is 3.61. The van der Waals surface area contributed by atoms with Gasteiger partial charge in [-0.2, -0.15) is 8.42 Å². The zero-order chi connectivity index (χ0) is 26.9. The van der Waals surface area contributed by atoms with Crippen molar-refractivity contribution in [1.29, 1.82) is 0 Å². The van der Waals surface area contributed by atoms with Crippen molar-refractivity contribution in [2.24, 2.45) is 7.05 Å². The summed E-state index contributed by atoms with van der Waals surface area (Å²) >= 11 is 3.62. The Labute approximate surface area is 234 Å². The number of hydrogen-bond acceptors (Lipinski definition) is 5. The minimum absolute atomic E-state index is 0.243. The molecule has 0 bridgehead atoms. The second-order valence-electron chi connectivity index (χ2n) is 9.99. The number of aryl methyl sites for hydroxylation is 2. The lowest BCUT2D eigenvalue weighted by atomic mass is 10.0. The molecule has 0 saturated heterocycles. The Morgan fingerprint density at radius 1 is 1.21 bits per heavy atom. The van der Waals surface area contributed by atoms with E-state index < -0.39 is 10.1 Å². The maximum absolute atomic E-state index is 11.3. The summed E-state index contributed by atoms with van der Waals surface area (Å²) in [5, 5.41) is 3.00. The van der Waals surface area contributed by atoms with Gasteiger partial charge in [0.15, 0.2) is 6.20 Å². The molecule has 5 nitrogen and oxygen atoms in total. The summed E-state index contributed by atoms with van der Waals surface area (Å²) in [6, 6.07) is 15.2. The molecule has 0 radical (unpaired) electrons. The Hall–Kier alpha value is -2.52. The second-order valence-corrected chi connectivity index (χ2v) is 14.0.